The molecular weight excluding hydrogens is 251 g/mol. The van der Waals surface area contributed by atoms with Crippen LogP contribution in [0, 0.1) is 12.7 Å². The van der Waals surface area contributed by atoms with E-state index < -0.39 is 12.1 Å². The summed E-state index contributed by atoms with van der Waals surface area (Å²) in [5.74, 6) is -0.352. The van der Waals surface area contributed by atoms with Gasteiger partial charge in [0.2, 0.25) is 0 Å². The van der Waals surface area contributed by atoms with Crippen LogP contribution in [0.5, 0.6) is 0 Å². The monoisotopic (exact) mass is 266 g/mol. The molecule has 6 heteroatoms. The van der Waals surface area contributed by atoms with Gasteiger partial charge in [-0.1, -0.05) is 11.2 Å². The number of carboxylic acid groups (broad SMARTS) is 1. The Hall–Kier alpha value is -2.11. The number of amides is 1. The number of nitrogens with zero attached hydrogens (tertiary/aromatic N) is 2. The molecule has 1 unspecified atom stereocenters. The molecule has 1 atom stereocenters. The van der Waals surface area contributed by atoms with Gasteiger partial charge in [-0.2, -0.15) is 0 Å². The normalized spacial score (nSPS) is 21.7. The van der Waals surface area contributed by atoms with E-state index in [0.29, 0.717) is 24.1 Å². The number of carbonyl (C=O) groups is 1. The van der Waals surface area contributed by atoms with Gasteiger partial charge in [-0.05, 0) is 30.2 Å². The summed E-state index contributed by atoms with van der Waals surface area (Å²) in [6.45, 7) is 2.01. The maximum Gasteiger partial charge on any atom is 0.407 e. The average Bonchev–Trinajstić information content (AvgIpc) is 2.38. The number of halogens is 1. The number of hydrogen-bond donors (Lipinski definition) is 2. The van der Waals surface area contributed by atoms with Crippen molar-refractivity contribution in [2.45, 2.75) is 25.8 Å². The fourth-order valence-corrected chi connectivity index (χ4v) is 2.45. The van der Waals surface area contributed by atoms with Crippen molar-refractivity contribution in [1.82, 2.24) is 4.90 Å². The summed E-state index contributed by atoms with van der Waals surface area (Å²) in [7, 11) is 0. The lowest BCUT2D eigenvalue weighted by Gasteiger charge is -2.34. The van der Waals surface area contributed by atoms with Crippen LogP contribution >= 0.6 is 0 Å². The minimum atomic E-state index is -1.02. The Balaban J connectivity index is 2.38. The Bertz CT molecular complexity index is 531. The van der Waals surface area contributed by atoms with Crippen LogP contribution in [0.4, 0.5) is 9.18 Å². The largest absolute Gasteiger partial charge is 0.465 e. The van der Waals surface area contributed by atoms with E-state index in [1.54, 1.807) is 13.0 Å². The Morgan fingerprint density at radius 2 is 2.26 bits per heavy atom. The minimum absolute atomic E-state index is 0.274. The summed E-state index contributed by atoms with van der Waals surface area (Å²) in [4.78, 5) is 12.6. The number of oxime groups is 1. The van der Waals surface area contributed by atoms with E-state index in [1.807, 2.05) is 0 Å². The predicted octanol–water partition coefficient (Wildman–Crippen LogP) is 2.78. The van der Waals surface area contributed by atoms with Crippen molar-refractivity contribution in [3.63, 3.8) is 0 Å². The SMILES string of the molecule is Cc1cc(F)ccc1C1C/C(=N\O)CCN1C(=O)O. The van der Waals surface area contributed by atoms with Gasteiger partial charge in [0.15, 0.2) is 0 Å². The fourth-order valence-electron chi connectivity index (χ4n) is 2.45. The molecule has 0 saturated carbocycles. The molecule has 2 rings (SSSR count). The summed E-state index contributed by atoms with van der Waals surface area (Å²) in [5.41, 5.74) is 1.99. The molecule has 0 bridgehead atoms. The van der Waals surface area contributed by atoms with Crippen molar-refractivity contribution in [2.75, 3.05) is 6.54 Å². The molecule has 1 aromatic carbocycles. The van der Waals surface area contributed by atoms with Crippen LogP contribution < -0.4 is 0 Å². The lowest BCUT2D eigenvalue weighted by molar-refractivity contribution is 0.121. The van der Waals surface area contributed by atoms with Crippen molar-refractivity contribution in [1.29, 1.82) is 0 Å². The van der Waals surface area contributed by atoms with Crippen LogP contribution in [0.2, 0.25) is 0 Å². The number of hydrogen-bond acceptors (Lipinski definition) is 3. The summed E-state index contributed by atoms with van der Waals surface area (Å²) in [5, 5.41) is 21.3. The zero-order valence-electron chi connectivity index (χ0n) is 10.5. The van der Waals surface area contributed by atoms with Gasteiger partial charge >= 0.3 is 6.09 Å². The lowest BCUT2D eigenvalue weighted by atomic mass is 9.91. The molecule has 5 nitrogen and oxygen atoms in total. The predicted molar refractivity (Wildman–Crippen MR) is 67.1 cm³/mol. The van der Waals surface area contributed by atoms with Gasteiger partial charge < -0.3 is 15.2 Å². The van der Waals surface area contributed by atoms with E-state index in [9.17, 15) is 14.3 Å². The van der Waals surface area contributed by atoms with Crippen molar-refractivity contribution in [3.8, 4) is 0 Å². The van der Waals surface area contributed by atoms with Crippen molar-refractivity contribution in [3.05, 3.63) is 35.1 Å². The van der Waals surface area contributed by atoms with Gasteiger partial charge in [0, 0.05) is 19.4 Å². The summed E-state index contributed by atoms with van der Waals surface area (Å²) in [6.07, 6.45) is -0.278. The molecule has 2 N–H and O–H groups in total. The van der Waals surface area contributed by atoms with Crippen molar-refractivity contribution < 1.29 is 19.5 Å². The summed E-state index contributed by atoms with van der Waals surface area (Å²) >= 11 is 0. The zero-order chi connectivity index (χ0) is 14.0. The fraction of sp³-hybridized carbons (Fsp3) is 0.385. The molecule has 1 amide bonds. The second kappa shape index (κ2) is 5.26. The molecular formula is C13H15FN2O3. The molecule has 19 heavy (non-hydrogen) atoms. The zero-order valence-corrected chi connectivity index (χ0v) is 10.5. The Labute approximate surface area is 110 Å². The molecule has 1 aliphatic rings. The highest BCUT2D eigenvalue weighted by atomic mass is 19.1. The molecule has 1 saturated heterocycles. The maximum absolute atomic E-state index is 13.1. The van der Waals surface area contributed by atoms with Gasteiger partial charge in [0.05, 0.1) is 11.8 Å². The number of rotatable bonds is 1. The second-order valence-electron chi connectivity index (χ2n) is 4.61. The van der Waals surface area contributed by atoms with Gasteiger partial charge in [-0.15, -0.1) is 0 Å². The summed E-state index contributed by atoms with van der Waals surface area (Å²) < 4.78 is 13.1. The van der Waals surface area contributed by atoms with Crippen molar-refractivity contribution >= 4 is 11.8 Å². The third kappa shape index (κ3) is 2.67. The van der Waals surface area contributed by atoms with Gasteiger partial charge in [-0.3, -0.25) is 0 Å². The number of benzene rings is 1. The van der Waals surface area contributed by atoms with E-state index in [2.05, 4.69) is 5.16 Å². The Morgan fingerprint density at radius 1 is 1.53 bits per heavy atom. The van der Waals surface area contributed by atoms with Gasteiger partial charge in [-0.25, -0.2) is 9.18 Å². The first-order chi connectivity index (χ1) is 9.02. The van der Waals surface area contributed by atoms with Gasteiger partial charge in [0.25, 0.3) is 0 Å². The second-order valence-corrected chi connectivity index (χ2v) is 4.61. The van der Waals surface area contributed by atoms with Crippen LogP contribution in [0.3, 0.4) is 0 Å². The van der Waals surface area contributed by atoms with Crippen LogP contribution in [-0.4, -0.2) is 33.6 Å². The molecule has 1 aliphatic heterocycles. The van der Waals surface area contributed by atoms with Crippen LogP contribution in [0.15, 0.2) is 23.4 Å². The first-order valence-electron chi connectivity index (χ1n) is 5.98. The van der Waals surface area contributed by atoms with Gasteiger partial charge in [0.1, 0.15) is 5.82 Å². The van der Waals surface area contributed by atoms with E-state index in [4.69, 9.17) is 5.21 Å². The number of aryl methyl sites for hydroxylation is 1. The minimum Gasteiger partial charge on any atom is -0.465 e. The van der Waals surface area contributed by atoms with Crippen LogP contribution in [-0.2, 0) is 0 Å². The van der Waals surface area contributed by atoms with E-state index in [1.165, 1.54) is 17.0 Å². The molecule has 1 fully saturated rings. The molecule has 0 aromatic heterocycles. The molecule has 102 valence electrons. The van der Waals surface area contributed by atoms with E-state index >= 15 is 0 Å². The molecule has 0 radical (unpaired) electrons. The highest BCUT2D eigenvalue weighted by Gasteiger charge is 2.31. The quantitative estimate of drug-likeness (QED) is 0.606. The molecule has 1 aromatic rings. The lowest BCUT2D eigenvalue weighted by Crippen LogP contribution is -2.40. The highest BCUT2D eigenvalue weighted by Crippen LogP contribution is 2.32. The maximum atomic E-state index is 13.1. The van der Waals surface area contributed by atoms with Crippen molar-refractivity contribution in [2.24, 2.45) is 5.16 Å². The van der Waals surface area contributed by atoms with Crippen LogP contribution in [0.1, 0.15) is 30.0 Å². The third-order valence-electron chi connectivity index (χ3n) is 3.42. The Kier molecular flexibility index (Phi) is 3.69. The molecule has 0 aliphatic carbocycles. The van der Waals surface area contributed by atoms with Crippen LogP contribution in [0.25, 0.3) is 0 Å². The third-order valence-corrected chi connectivity index (χ3v) is 3.42. The number of likely N-dealkylation sites (tertiary alicyclic amines) is 1. The standard InChI is InChI=1S/C13H15FN2O3/c1-8-6-9(14)2-3-11(8)12-7-10(15-19)4-5-16(12)13(17)18/h2-3,6,12,19H,4-5,7H2,1H3,(H,17,18)/b15-10-. The Morgan fingerprint density at radius 3 is 2.84 bits per heavy atom. The first kappa shape index (κ1) is 13.3. The van der Waals surface area contributed by atoms with E-state index in [-0.39, 0.29) is 12.4 Å². The first-order valence-corrected chi connectivity index (χ1v) is 5.98. The molecule has 1 heterocycles. The van der Waals surface area contributed by atoms with E-state index in [0.717, 1.165) is 5.56 Å². The number of piperidine rings is 1. The highest BCUT2D eigenvalue weighted by molar-refractivity contribution is 5.87. The average molecular weight is 266 g/mol. The topological polar surface area (TPSA) is 73.1 Å². The summed E-state index contributed by atoms with van der Waals surface area (Å²) in [6, 6.07) is 3.84. The molecule has 0 spiro atoms. The smallest absolute Gasteiger partial charge is 0.407 e.